The maximum atomic E-state index is 10.9. The zero-order valence-electron chi connectivity index (χ0n) is 6.55. The van der Waals surface area contributed by atoms with Crippen molar-refractivity contribution in [2.45, 2.75) is 6.92 Å². The van der Waals surface area contributed by atoms with Gasteiger partial charge in [-0.2, -0.15) is 0 Å². The van der Waals surface area contributed by atoms with E-state index in [1.54, 1.807) is 18.2 Å². The predicted octanol–water partition coefficient (Wildman–Crippen LogP) is 1.70. The summed E-state index contributed by atoms with van der Waals surface area (Å²) in [6, 6.07) is 7.87. The van der Waals surface area contributed by atoms with Crippen LogP contribution in [-0.2, 0) is 0 Å². The number of rotatable bonds is 2. The Hall–Kier alpha value is -1.31. The van der Waals surface area contributed by atoms with Crippen molar-refractivity contribution in [3.05, 3.63) is 29.8 Å². The second-order valence-corrected chi connectivity index (χ2v) is 2.18. The van der Waals surface area contributed by atoms with Crippen molar-refractivity contribution >= 4 is 5.78 Å². The topological polar surface area (TPSA) is 26.3 Å². The van der Waals surface area contributed by atoms with Crippen LogP contribution in [0.25, 0.3) is 0 Å². The number of carbonyl (C=O) groups excluding carboxylic acids is 1. The summed E-state index contributed by atoms with van der Waals surface area (Å²) in [5.41, 5.74) is 0.603. The molecule has 2 heteroatoms. The molecule has 1 radical (unpaired) electrons. The van der Waals surface area contributed by atoms with Crippen LogP contribution in [0.5, 0.6) is 5.75 Å². The first-order valence-corrected chi connectivity index (χ1v) is 3.30. The van der Waals surface area contributed by atoms with Crippen molar-refractivity contribution in [1.29, 1.82) is 0 Å². The zero-order chi connectivity index (χ0) is 8.27. The quantitative estimate of drug-likeness (QED) is 0.598. The maximum absolute atomic E-state index is 10.9. The van der Waals surface area contributed by atoms with Gasteiger partial charge in [-0.25, -0.2) is 0 Å². The Balaban J connectivity index is 3.12. The number of benzene rings is 1. The molecule has 1 aromatic carbocycles. The van der Waals surface area contributed by atoms with Gasteiger partial charge in [-0.15, -0.1) is 0 Å². The molecular weight excluding hydrogens is 140 g/mol. The van der Waals surface area contributed by atoms with Gasteiger partial charge < -0.3 is 4.74 Å². The van der Waals surface area contributed by atoms with E-state index in [-0.39, 0.29) is 5.78 Å². The third-order valence-electron chi connectivity index (χ3n) is 1.43. The van der Waals surface area contributed by atoms with Gasteiger partial charge in [0.15, 0.2) is 5.78 Å². The highest BCUT2D eigenvalue weighted by atomic mass is 16.5. The minimum Gasteiger partial charge on any atom is -0.496 e. The van der Waals surface area contributed by atoms with Crippen LogP contribution in [0.3, 0.4) is 0 Å². The summed E-state index contributed by atoms with van der Waals surface area (Å²) < 4.78 is 4.95. The van der Waals surface area contributed by atoms with Crippen molar-refractivity contribution in [3.8, 4) is 5.75 Å². The third-order valence-corrected chi connectivity index (χ3v) is 1.43. The number of Topliss-reactive ketones (excluding diaryl/α,β-unsaturated/α-hetero) is 1. The van der Waals surface area contributed by atoms with Gasteiger partial charge in [0.1, 0.15) is 5.75 Å². The van der Waals surface area contributed by atoms with Crippen molar-refractivity contribution in [1.82, 2.24) is 0 Å². The summed E-state index contributed by atoms with van der Waals surface area (Å²) in [6.45, 7) is 1.51. The molecule has 0 unspecified atom stereocenters. The van der Waals surface area contributed by atoms with Crippen molar-refractivity contribution in [2.75, 3.05) is 7.11 Å². The van der Waals surface area contributed by atoms with Gasteiger partial charge in [0.25, 0.3) is 0 Å². The highest BCUT2D eigenvalue weighted by Gasteiger charge is 2.04. The summed E-state index contributed by atoms with van der Waals surface area (Å²) in [7, 11) is 1.54. The first-order chi connectivity index (χ1) is 5.25. The highest BCUT2D eigenvalue weighted by Crippen LogP contribution is 2.16. The standard InChI is InChI=1S/C9H9O2/c1-7(10)8-5-3-4-6-9(8)11-2/h3,5-6H,1-2H3. The van der Waals surface area contributed by atoms with E-state index >= 15 is 0 Å². The van der Waals surface area contributed by atoms with Gasteiger partial charge in [0.2, 0.25) is 0 Å². The molecule has 0 aliphatic heterocycles. The number of methoxy groups -OCH3 is 1. The average Bonchev–Trinajstić information content (AvgIpc) is 2.04. The molecule has 0 heterocycles. The Morgan fingerprint density at radius 1 is 1.64 bits per heavy atom. The van der Waals surface area contributed by atoms with E-state index in [0.29, 0.717) is 11.3 Å². The Kier molecular flexibility index (Phi) is 2.26. The van der Waals surface area contributed by atoms with Crippen molar-refractivity contribution < 1.29 is 9.53 Å². The minimum atomic E-state index is 0.0100. The Morgan fingerprint density at radius 2 is 2.36 bits per heavy atom. The molecular formula is C9H9O2. The van der Waals surface area contributed by atoms with Gasteiger partial charge in [0.05, 0.1) is 12.7 Å². The van der Waals surface area contributed by atoms with E-state index in [0.717, 1.165) is 0 Å². The fraction of sp³-hybridized carbons (Fsp3) is 0.222. The molecule has 0 aliphatic rings. The van der Waals surface area contributed by atoms with Gasteiger partial charge in [-0.3, -0.25) is 4.79 Å². The Morgan fingerprint density at radius 3 is 2.82 bits per heavy atom. The van der Waals surface area contributed by atoms with E-state index in [4.69, 9.17) is 4.74 Å². The van der Waals surface area contributed by atoms with E-state index in [1.165, 1.54) is 14.0 Å². The van der Waals surface area contributed by atoms with Gasteiger partial charge in [0, 0.05) is 0 Å². The maximum Gasteiger partial charge on any atom is 0.163 e. The number of ether oxygens (including phenoxy) is 1. The summed E-state index contributed by atoms with van der Waals surface area (Å²) in [5, 5.41) is 0. The van der Waals surface area contributed by atoms with E-state index in [1.807, 2.05) is 0 Å². The largest absolute Gasteiger partial charge is 0.496 e. The van der Waals surface area contributed by atoms with Gasteiger partial charge >= 0.3 is 0 Å². The molecule has 0 aromatic heterocycles. The minimum absolute atomic E-state index is 0.0100. The highest BCUT2D eigenvalue weighted by molar-refractivity contribution is 5.96. The molecule has 2 nitrogen and oxygen atoms in total. The smallest absolute Gasteiger partial charge is 0.163 e. The van der Waals surface area contributed by atoms with E-state index in [2.05, 4.69) is 6.07 Å². The van der Waals surface area contributed by atoms with Crippen LogP contribution in [-0.4, -0.2) is 12.9 Å². The molecule has 1 rings (SSSR count). The Bertz CT molecular complexity index is 266. The van der Waals surface area contributed by atoms with Gasteiger partial charge in [-0.1, -0.05) is 6.07 Å². The first-order valence-electron chi connectivity index (χ1n) is 3.30. The molecule has 0 amide bonds. The van der Waals surface area contributed by atoms with Crippen LogP contribution in [0.15, 0.2) is 18.2 Å². The predicted molar refractivity (Wildman–Crippen MR) is 41.8 cm³/mol. The molecule has 0 spiro atoms. The first kappa shape index (κ1) is 7.79. The van der Waals surface area contributed by atoms with Crippen LogP contribution in [0.4, 0.5) is 0 Å². The molecule has 0 N–H and O–H groups in total. The van der Waals surface area contributed by atoms with Crippen LogP contribution in [0, 0.1) is 6.07 Å². The number of hydrogen-bond acceptors (Lipinski definition) is 2. The van der Waals surface area contributed by atoms with E-state index < -0.39 is 0 Å². The zero-order valence-corrected chi connectivity index (χ0v) is 6.55. The summed E-state index contributed by atoms with van der Waals surface area (Å²) in [4.78, 5) is 10.9. The Labute approximate surface area is 65.8 Å². The fourth-order valence-electron chi connectivity index (χ4n) is 0.875. The SMILES string of the molecule is COc1c[c]ccc1C(C)=O. The normalized spacial score (nSPS) is 9.27. The molecule has 0 atom stereocenters. The van der Waals surface area contributed by atoms with Crippen LogP contribution >= 0.6 is 0 Å². The van der Waals surface area contributed by atoms with Crippen molar-refractivity contribution in [2.24, 2.45) is 0 Å². The number of carbonyl (C=O) groups is 1. The number of hydrogen-bond donors (Lipinski definition) is 0. The number of ketones is 1. The molecule has 0 bridgehead atoms. The lowest BCUT2D eigenvalue weighted by molar-refractivity contribution is 0.101. The monoisotopic (exact) mass is 149 g/mol. The van der Waals surface area contributed by atoms with Crippen LogP contribution in [0.2, 0.25) is 0 Å². The van der Waals surface area contributed by atoms with E-state index in [9.17, 15) is 4.79 Å². The molecule has 0 aliphatic carbocycles. The molecule has 1 aromatic rings. The lowest BCUT2D eigenvalue weighted by Gasteiger charge is -2.02. The van der Waals surface area contributed by atoms with Crippen molar-refractivity contribution in [3.63, 3.8) is 0 Å². The van der Waals surface area contributed by atoms with Crippen LogP contribution in [0.1, 0.15) is 17.3 Å². The summed E-state index contributed by atoms with van der Waals surface area (Å²) in [6.07, 6.45) is 0. The van der Waals surface area contributed by atoms with Crippen LogP contribution < -0.4 is 4.74 Å². The third kappa shape index (κ3) is 1.58. The lowest BCUT2D eigenvalue weighted by atomic mass is 10.1. The molecule has 0 saturated carbocycles. The summed E-state index contributed by atoms with van der Waals surface area (Å²) >= 11 is 0. The fourth-order valence-corrected chi connectivity index (χ4v) is 0.875. The summed E-state index contributed by atoms with van der Waals surface area (Å²) in [5.74, 6) is 0.593. The second kappa shape index (κ2) is 3.19. The molecule has 57 valence electrons. The molecule has 0 fully saturated rings. The molecule has 11 heavy (non-hydrogen) atoms. The average molecular weight is 149 g/mol. The lowest BCUT2D eigenvalue weighted by Crippen LogP contribution is -1.96. The van der Waals surface area contributed by atoms with Gasteiger partial charge in [-0.05, 0) is 25.1 Å². The molecule has 0 saturated heterocycles. The second-order valence-electron chi connectivity index (χ2n) is 2.18.